The lowest BCUT2D eigenvalue weighted by Gasteiger charge is -2.09. The Bertz CT molecular complexity index is 694. The molecule has 0 unspecified atom stereocenters. The van der Waals surface area contributed by atoms with Gasteiger partial charge in [0.2, 0.25) is 0 Å². The second-order valence-corrected chi connectivity index (χ2v) is 5.22. The number of rotatable bonds is 5. The van der Waals surface area contributed by atoms with E-state index in [0.717, 1.165) is 16.9 Å². The molecule has 0 amide bonds. The molecule has 0 aromatic heterocycles. The maximum absolute atomic E-state index is 11.8. The number of thiocarbonyl (C=S) groups is 1. The predicted molar refractivity (Wildman–Crippen MR) is 95.6 cm³/mol. The Morgan fingerprint density at radius 2 is 1.64 bits per heavy atom. The van der Waals surface area contributed by atoms with Crippen molar-refractivity contribution in [1.82, 2.24) is 0 Å². The smallest absolute Gasteiger partial charge is 0.182 e. The van der Waals surface area contributed by atoms with Gasteiger partial charge >= 0.3 is 0 Å². The first kappa shape index (κ1) is 15.9. The van der Waals surface area contributed by atoms with Crippen molar-refractivity contribution >= 4 is 40.1 Å². The van der Waals surface area contributed by atoms with Crippen LogP contribution in [-0.2, 0) is 4.79 Å². The highest BCUT2D eigenvalue weighted by Gasteiger charge is 2.13. The zero-order valence-electron chi connectivity index (χ0n) is 12.5. The summed E-state index contributed by atoms with van der Waals surface area (Å²) in [4.78, 5) is 12.0. The molecule has 4 nitrogen and oxygen atoms in total. The molecular formula is C17H17N3OS. The van der Waals surface area contributed by atoms with Crippen molar-refractivity contribution < 1.29 is 4.79 Å². The molecule has 0 saturated heterocycles. The van der Waals surface area contributed by atoms with Crippen molar-refractivity contribution in [2.75, 3.05) is 10.7 Å². The fourth-order valence-corrected chi connectivity index (χ4v) is 2.06. The molecule has 0 radical (unpaired) electrons. The Labute approximate surface area is 135 Å². The molecule has 2 aromatic rings. The maximum atomic E-state index is 11.8. The summed E-state index contributed by atoms with van der Waals surface area (Å²) in [7, 11) is 0. The summed E-state index contributed by atoms with van der Waals surface area (Å²) in [6.07, 6.45) is 0. The van der Waals surface area contributed by atoms with Gasteiger partial charge in [-0.1, -0.05) is 48.1 Å². The number of Topliss-reactive ketones (excluding diaryl/α,β-unsaturated/α-hetero) is 1. The van der Waals surface area contributed by atoms with E-state index in [1.165, 1.54) is 6.92 Å². The molecular weight excluding hydrogens is 294 g/mol. The molecule has 0 saturated carbocycles. The topological polar surface area (TPSA) is 53.5 Å². The first-order chi connectivity index (χ1) is 10.6. The first-order valence-corrected chi connectivity index (χ1v) is 7.25. The number of aryl methyl sites for hydroxylation is 1. The molecule has 0 spiro atoms. The Morgan fingerprint density at radius 1 is 1.00 bits per heavy atom. The van der Waals surface area contributed by atoms with Crippen LogP contribution in [0.4, 0.5) is 11.4 Å². The van der Waals surface area contributed by atoms with Crippen molar-refractivity contribution in [1.29, 1.82) is 0 Å². The second kappa shape index (κ2) is 7.47. The van der Waals surface area contributed by atoms with Gasteiger partial charge in [0.05, 0.1) is 5.69 Å². The average molecular weight is 311 g/mol. The second-order valence-electron chi connectivity index (χ2n) is 4.81. The molecule has 0 bridgehead atoms. The van der Waals surface area contributed by atoms with Gasteiger partial charge in [-0.3, -0.25) is 10.2 Å². The molecule has 22 heavy (non-hydrogen) atoms. The highest BCUT2D eigenvalue weighted by atomic mass is 32.1. The van der Waals surface area contributed by atoms with Crippen molar-refractivity contribution in [2.24, 2.45) is 5.10 Å². The number of hydrazone groups is 1. The Hall–Kier alpha value is -2.53. The quantitative estimate of drug-likeness (QED) is 0.501. The van der Waals surface area contributed by atoms with Gasteiger partial charge in [0.1, 0.15) is 4.99 Å². The van der Waals surface area contributed by atoms with Crippen molar-refractivity contribution in [2.45, 2.75) is 13.8 Å². The van der Waals surface area contributed by atoms with Gasteiger partial charge in [-0.2, -0.15) is 5.10 Å². The zero-order valence-corrected chi connectivity index (χ0v) is 13.3. The highest BCUT2D eigenvalue weighted by Crippen LogP contribution is 2.09. The van der Waals surface area contributed by atoms with Crippen molar-refractivity contribution in [3.63, 3.8) is 0 Å². The lowest BCUT2D eigenvalue weighted by Crippen LogP contribution is -2.27. The van der Waals surface area contributed by atoms with E-state index in [1.807, 2.05) is 61.5 Å². The van der Waals surface area contributed by atoms with Crippen LogP contribution in [0.25, 0.3) is 0 Å². The number of carbonyl (C=O) groups is 1. The predicted octanol–water partition coefficient (Wildman–Crippen LogP) is 3.79. The third kappa shape index (κ3) is 4.49. The van der Waals surface area contributed by atoms with Crippen LogP contribution in [0.1, 0.15) is 12.5 Å². The minimum absolute atomic E-state index is 0.194. The lowest BCUT2D eigenvalue weighted by atomic mass is 10.2. The lowest BCUT2D eigenvalue weighted by molar-refractivity contribution is -0.110. The fraction of sp³-hybridized carbons (Fsp3) is 0.118. The molecule has 2 aromatic carbocycles. The van der Waals surface area contributed by atoms with Crippen LogP contribution in [0.5, 0.6) is 0 Å². The van der Waals surface area contributed by atoms with Gasteiger partial charge in [0.25, 0.3) is 0 Å². The number of benzene rings is 2. The Morgan fingerprint density at radius 3 is 2.23 bits per heavy atom. The summed E-state index contributed by atoms with van der Waals surface area (Å²) in [5.41, 5.74) is 5.82. The van der Waals surface area contributed by atoms with Crippen molar-refractivity contribution in [3.05, 3.63) is 60.2 Å². The van der Waals surface area contributed by atoms with E-state index in [1.54, 1.807) is 0 Å². The maximum Gasteiger partial charge on any atom is 0.182 e. The van der Waals surface area contributed by atoms with Crippen LogP contribution >= 0.6 is 12.2 Å². The van der Waals surface area contributed by atoms with E-state index in [-0.39, 0.29) is 11.5 Å². The van der Waals surface area contributed by atoms with Gasteiger partial charge in [-0.15, -0.1) is 0 Å². The average Bonchev–Trinajstić information content (AvgIpc) is 2.50. The minimum Gasteiger partial charge on any atom is -0.345 e. The number of anilines is 2. The molecule has 0 heterocycles. The molecule has 2 rings (SSSR count). The number of hydrogen-bond acceptors (Lipinski definition) is 4. The van der Waals surface area contributed by atoms with Gasteiger partial charge in [-0.25, -0.2) is 0 Å². The van der Waals surface area contributed by atoms with Crippen LogP contribution < -0.4 is 10.7 Å². The van der Waals surface area contributed by atoms with Gasteiger partial charge in [0, 0.05) is 12.6 Å². The van der Waals surface area contributed by atoms with Crippen LogP contribution in [0.3, 0.4) is 0 Å². The van der Waals surface area contributed by atoms with Gasteiger partial charge in [0.15, 0.2) is 11.5 Å². The van der Waals surface area contributed by atoms with Crippen LogP contribution in [0, 0.1) is 6.92 Å². The normalized spacial score (nSPS) is 10.9. The molecule has 112 valence electrons. The molecule has 0 atom stereocenters. The van der Waals surface area contributed by atoms with Gasteiger partial charge < -0.3 is 5.32 Å². The number of nitrogens with zero attached hydrogens (tertiary/aromatic N) is 1. The van der Waals surface area contributed by atoms with Crippen LogP contribution in [-0.4, -0.2) is 16.5 Å². The third-order valence-corrected chi connectivity index (χ3v) is 3.22. The SMILES string of the molecule is CC(=O)/C(=N\Nc1ccc(C)cc1)C(=S)Nc1ccccc1. The Kier molecular flexibility index (Phi) is 5.38. The summed E-state index contributed by atoms with van der Waals surface area (Å²) >= 11 is 5.27. The zero-order chi connectivity index (χ0) is 15.9. The highest BCUT2D eigenvalue weighted by molar-refractivity contribution is 7.82. The molecule has 2 N–H and O–H groups in total. The fourth-order valence-electron chi connectivity index (χ4n) is 1.75. The Balaban J connectivity index is 2.11. The number of nitrogens with one attached hydrogen (secondary N) is 2. The number of para-hydroxylation sites is 1. The summed E-state index contributed by atoms with van der Waals surface area (Å²) in [6.45, 7) is 3.45. The van der Waals surface area contributed by atoms with E-state index < -0.39 is 0 Å². The monoisotopic (exact) mass is 311 g/mol. The van der Waals surface area contributed by atoms with E-state index in [2.05, 4.69) is 15.8 Å². The molecule has 5 heteroatoms. The molecule has 0 fully saturated rings. The standard InChI is InChI=1S/C17H17N3OS/c1-12-8-10-15(11-9-12)19-20-16(13(2)21)17(22)18-14-6-4-3-5-7-14/h3-11,19H,1-2H3,(H,18,22)/b20-16+. The largest absolute Gasteiger partial charge is 0.345 e. The molecule has 0 aliphatic rings. The summed E-state index contributed by atoms with van der Waals surface area (Å²) < 4.78 is 0. The number of carbonyl (C=O) groups excluding carboxylic acids is 1. The summed E-state index contributed by atoms with van der Waals surface area (Å²) in [6, 6.07) is 17.1. The van der Waals surface area contributed by atoms with E-state index in [9.17, 15) is 4.79 Å². The molecule has 0 aliphatic heterocycles. The van der Waals surface area contributed by atoms with Gasteiger partial charge in [-0.05, 0) is 31.2 Å². The number of ketones is 1. The van der Waals surface area contributed by atoms with Crippen LogP contribution in [0.2, 0.25) is 0 Å². The minimum atomic E-state index is -0.201. The van der Waals surface area contributed by atoms with Crippen molar-refractivity contribution in [3.8, 4) is 0 Å². The molecule has 0 aliphatic carbocycles. The third-order valence-electron chi connectivity index (χ3n) is 2.93. The van der Waals surface area contributed by atoms with Crippen LogP contribution in [0.15, 0.2) is 59.7 Å². The van der Waals surface area contributed by atoms with E-state index in [0.29, 0.717) is 4.99 Å². The summed E-state index contributed by atoms with van der Waals surface area (Å²) in [5, 5.41) is 7.14. The van der Waals surface area contributed by atoms with E-state index in [4.69, 9.17) is 12.2 Å². The van der Waals surface area contributed by atoms with E-state index >= 15 is 0 Å². The number of hydrogen-bond donors (Lipinski definition) is 2. The first-order valence-electron chi connectivity index (χ1n) is 6.84. The summed E-state index contributed by atoms with van der Waals surface area (Å²) in [5.74, 6) is -0.201.